The Morgan fingerprint density at radius 2 is 1.15 bits per heavy atom. The lowest BCUT2D eigenvalue weighted by molar-refractivity contribution is -0.133. The first-order valence-corrected chi connectivity index (χ1v) is 19.6. The van der Waals surface area contributed by atoms with Crippen molar-refractivity contribution >= 4 is 36.7 Å². The summed E-state index contributed by atoms with van der Waals surface area (Å²) in [5.74, 6) is -3.22. The van der Waals surface area contributed by atoms with Gasteiger partial charge in [-0.3, -0.25) is 24.0 Å². The fourth-order valence-electron chi connectivity index (χ4n) is 4.41. The Morgan fingerprint density at radius 1 is 0.604 bits per heavy atom. The number of hydrogen-bond acceptors (Lipinski definition) is 12. The van der Waals surface area contributed by atoms with Crippen molar-refractivity contribution in [1.82, 2.24) is 31.9 Å². The van der Waals surface area contributed by atoms with Crippen molar-refractivity contribution in [1.29, 1.82) is 0 Å². The summed E-state index contributed by atoms with van der Waals surface area (Å²) in [5.41, 5.74) is 15.6. The van der Waals surface area contributed by atoms with Crippen LogP contribution in [0.1, 0.15) is 124 Å². The Morgan fingerprint density at radius 3 is 1.66 bits per heavy atom. The van der Waals surface area contributed by atoms with E-state index in [2.05, 4.69) is 52.7 Å². The number of aliphatic hydroxyl groups excluding tert-OH is 1. The lowest BCUT2D eigenvalue weighted by atomic mass is 9.92. The van der Waals surface area contributed by atoms with Gasteiger partial charge in [-0.05, 0) is 71.6 Å². The molecule has 0 spiro atoms. The number of carbonyl (C=O) groups is 5. The van der Waals surface area contributed by atoms with Crippen LogP contribution in [0, 0.1) is 0 Å². The van der Waals surface area contributed by atoms with Crippen LogP contribution in [-0.4, -0.2) is 122 Å². The molecule has 3 atom stereocenters. The normalized spacial score (nSPS) is 12.0. The van der Waals surface area contributed by atoms with Crippen molar-refractivity contribution in [3.8, 4) is 0 Å². The van der Waals surface area contributed by atoms with Crippen LogP contribution in [0.5, 0.6) is 0 Å². The Bertz CT molecular complexity index is 917. The third-order valence-corrected chi connectivity index (χ3v) is 7.59. The fraction of sp³-hybridized carbons (Fsp3) is 0.857. The van der Waals surface area contributed by atoms with Gasteiger partial charge in [-0.1, -0.05) is 72.1 Å². The lowest BCUT2D eigenvalue weighted by Gasteiger charge is -2.22. The Balaban J connectivity index is -0.00000246. The second kappa shape index (κ2) is 40.3. The summed E-state index contributed by atoms with van der Waals surface area (Å²) >= 11 is 0. The molecule has 0 saturated carbocycles. The number of unbranched alkanes of at least 4 members (excludes halogenated alkanes) is 9. The molecule has 0 aliphatic carbocycles. The highest BCUT2D eigenvalue weighted by Gasteiger charge is 2.27. The number of carbonyl (C=O) groups excluding carboxylic acids is 5. The first kappa shape index (κ1) is 54.5. The van der Waals surface area contributed by atoms with E-state index in [0.717, 1.165) is 38.9 Å². The van der Waals surface area contributed by atoms with Crippen LogP contribution < -0.4 is 49.1 Å². The molecule has 0 fully saturated rings. The zero-order chi connectivity index (χ0) is 40.7. The molecule has 0 aliphatic rings. The molecule has 0 heterocycles. The van der Waals surface area contributed by atoms with Gasteiger partial charge in [0.15, 0.2) is 0 Å². The average Bonchev–Trinajstić information content (AvgIpc) is 3.13. The second-order valence-corrected chi connectivity index (χ2v) is 12.8. The maximum atomic E-state index is 12.6. The molecule has 18 heteroatoms. The SMILES string of the molecule is CCCCCCCCCCNCCC(=O)NCC(=O)NC(C(=O)NCC(=O)NC(CCCCN)C(=O)NCB(O)O)C(C)O.CCCCN.CCCN. The van der Waals surface area contributed by atoms with Gasteiger partial charge in [0.05, 0.1) is 25.6 Å². The molecular weight excluding hydrogens is 685 g/mol. The quantitative estimate of drug-likeness (QED) is 0.0312. The number of aliphatic hydroxyl groups is 1. The van der Waals surface area contributed by atoms with Crippen molar-refractivity contribution in [3.05, 3.63) is 0 Å². The molecule has 0 aliphatic heterocycles. The summed E-state index contributed by atoms with van der Waals surface area (Å²) in [7, 11) is -1.76. The van der Waals surface area contributed by atoms with E-state index in [4.69, 9.17) is 27.2 Å². The molecule has 5 amide bonds. The zero-order valence-corrected chi connectivity index (χ0v) is 33.2. The van der Waals surface area contributed by atoms with Gasteiger partial charge < -0.3 is 64.3 Å². The summed E-state index contributed by atoms with van der Waals surface area (Å²) in [5, 5.41) is 43.0. The highest BCUT2D eigenvalue weighted by atomic mass is 16.4. The topological polar surface area (TPSA) is 296 Å². The van der Waals surface area contributed by atoms with Crippen molar-refractivity contribution in [2.24, 2.45) is 17.2 Å². The van der Waals surface area contributed by atoms with E-state index in [0.29, 0.717) is 25.9 Å². The highest BCUT2D eigenvalue weighted by Crippen LogP contribution is 2.08. The van der Waals surface area contributed by atoms with Gasteiger partial charge >= 0.3 is 7.12 Å². The molecule has 0 rings (SSSR count). The van der Waals surface area contributed by atoms with Crippen LogP contribution >= 0.6 is 0 Å². The summed E-state index contributed by atoms with van der Waals surface area (Å²) < 4.78 is 0. The van der Waals surface area contributed by atoms with E-state index in [-0.39, 0.29) is 18.7 Å². The molecule has 0 aromatic carbocycles. The van der Waals surface area contributed by atoms with Crippen LogP contribution in [0.3, 0.4) is 0 Å². The highest BCUT2D eigenvalue weighted by molar-refractivity contribution is 6.41. The van der Waals surface area contributed by atoms with Crippen LogP contribution in [0.2, 0.25) is 0 Å². The predicted octanol–water partition coefficient (Wildman–Crippen LogP) is -0.953. The van der Waals surface area contributed by atoms with Gasteiger partial charge in [0, 0.05) is 13.0 Å². The third-order valence-electron chi connectivity index (χ3n) is 7.59. The summed E-state index contributed by atoms with van der Waals surface area (Å²) in [4.78, 5) is 61.7. The minimum absolute atomic E-state index is 0.186. The van der Waals surface area contributed by atoms with Gasteiger partial charge in [-0.25, -0.2) is 0 Å². The number of hydrogen-bond donors (Lipinski definition) is 12. The Hall–Kier alpha value is -2.87. The van der Waals surface area contributed by atoms with Crippen molar-refractivity contribution in [3.63, 3.8) is 0 Å². The molecule has 0 radical (unpaired) electrons. The standard InChI is InChI=1S/C28H56BN7O8.C4H11N.C3H9N/c1-3-4-5-6-7-8-9-12-16-31-17-14-23(38)32-18-25(40)36-26(21(2)37)28(42)33-19-24(39)35-22(13-10-11-15-30)27(41)34-20-29(43)44;1-2-3-4-5;1-2-3-4/h21-22,26,31,37,43-44H,3-20,30H2,1-2H3,(H,32,38)(H,33,42)(H,34,41)(H,35,39)(H,36,40);2-5H2,1H3;2-4H2,1H3. The van der Waals surface area contributed by atoms with E-state index < -0.39 is 68.5 Å². The number of nitrogens with two attached hydrogens (primary N) is 3. The zero-order valence-electron chi connectivity index (χ0n) is 33.2. The maximum absolute atomic E-state index is 12.6. The molecule has 0 bridgehead atoms. The monoisotopic (exact) mass is 762 g/mol. The molecule has 15 N–H and O–H groups in total. The summed E-state index contributed by atoms with van der Waals surface area (Å²) in [6.07, 6.45) is 13.1. The summed E-state index contributed by atoms with van der Waals surface area (Å²) in [6.45, 7) is 10.1. The van der Waals surface area contributed by atoms with Crippen molar-refractivity contribution in [2.75, 3.05) is 52.3 Å². The number of nitrogens with one attached hydrogen (secondary N) is 6. The average molecular weight is 762 g/mol. The largest absolute Gasteiger partial charge is 0.472 e. The van der Waals surface area contributed by atoms with Crippen LogP contribution in [0.25, 0.3) is 0 Å². The van der Waals surface area contributed by atoms with Crippen LogP contribution in [-0.2, 0) is 24.0 Å². The molecule has 53 heavy (non-hydrogen) atoms. The smallest absolute Gasteiger partial charge is 0.426 e. The molecule has 3 unspecified atom stereocenters. The van der Waals surface area contributed by atoms with Gasteiger partial charge in [-0.15, -0.1) is 0 Å². The number of rotatable bonds is 30. The minimum atomic E-state index is -1.76. The van der Waals surface area contributed by atoms with E-state index >= 15 is 0 Å². The van der Waals surface area contributed by atoms with Crippen molar-refractivity contribution < 1.29 is 39.1 Å². The molecular formula is C35H76BN9O8. The second-order valence-electron chi connectivity index (χ2n) is 12.8. The summed E-state index contributed by atoms with van der Waals surface area (Å²) in [6, 6.07) is -2.39. The first-order valence-electron chi connectivity index (χ1n) is 19.6. The number of amides is 5. The van der Waals surface area contributed by atoms with E-state index in [9.17, 15) is 29.1 Å². The first-order chi connectivity index (χ1) is 25.3. The maximum Gasteiger partial charge on any atom is 0.472 e. The van der Waals surface area contributed by atoms with Crippen molar-refractivity contribution in [2.45, 2.75) is 142 Å². The van der Waals surface area contributed by atoms with Gasteiger partial charge in [0.2, 0.25) is 29.5 Å². The van der Waals surface area contributed by atoms with Crippen LogP contribution in [0.4, 0.5) is 0 Å². The van der Waals surface area contributed by atoms with Crippen LogP contribution in [0.15, 0.2) is 0 Å². The lowest BCUT2D eigenvalue weighted by Crippen LogP contribution is -2.56. The van der Waals surface area contributed by atoms with E-state index in [1.165, 1.54) is 58.3 Å². The fourth-order valence-corrected chi connectivity index (χ4v) is 4.41. The Labute approximate surface area is 319 Å². The predicted molar refractivity (Wildman–Crippen MR) is 211 cm³/mol. The third kappa shape index (κ3) is 38.7. The molecule has 17 nitrogen and oxygen atoms in total. The minimum Gasteiger partial charge on any atom is -0.426 e. The molecule has 0 saturated heterocycles. The van der Waals surface area contributed by atoms with E-state index in [1.807, 2.05) is 0 Å². The van der Waals surface area contributed by atoms with E-state index in [1.54, 1.807) is 0 Å². The van der Waals surface area contributed by atoms with Gasteiger partial charge in [0.25, 0.3) is 0 Å². The van der Waals surface area contributed by atoms with Gasteiger partial charge in [0.1, 0.15) is 12.1 Å². The molecule has 312 valence electrons. The molecule has 0 aromatic rings. The van der Waals surface area contributed by atoms with Gasteiger partial charge in [-0.2, -0.15) is 0 Å². The molecule has 0 aromatic heterocycles. The Kier molecular flexibility index (Phi) is 41.4.